The van der Waals surface area contributed by atoms with Crippen LogP contribution in [0.2, 0.25) is 0 Å². The van der Waals surface area contributed by atoms with Crippen molar-refractivity contribution < 1.29 is 9.53 Å². The largest absolute Gasteiger partial charge is 0.444 e. The highest BCUT2D eigenvalue weighted by Gasteiger charge is 2.20. The Labute approximate surface area is 107 Å². The molecule has 0 aliphatic heterocycles. The minimum Gasteiger partial charge on any atom is -0.444 e. The summed E-state index contributed by atoms with van der Waals surface area (Å²) in [5, 5.41) is 0. The number of terminal acetylenes is 1. The maximum absolute atomic E-state index is 11.1. The van der Waals surface area contributed by atoms with Crippen molar-refractivity contribution in [1.82, 2.24) is 0 Å². The van der Waals surface area contributed by atoms with Crippen molar-refractivity contribution in [1.29, 1.82) is 0 Å². The summed E-state index contributed by atoms with van der Waals surface area (Å²) >= 11 is 0. The molecule has 1 aliphatic rings. The van der Waals surface area contributed by atoms with Gasteiger partial charge >= 0.3 is 5.97 Å². The lowest BCUT2D eigenvalue weighted by Gasteiger charge is -2.13. The van der Waals surface area contributed by atoms with Crippen LogP contribution < -0.4 is 0 Å². The Morgan fingerprint density at radius 2 is 2.17 bits per heavy atom. The SMILES string of the molecule is C#Cc1ccccc1C(C#CC1CC1)OC(C)=O. The number of hydrogen-bond acceptors (Lipinski definition) is 2. The molecule has 2 nitrogen and oxygen atoms in total. The van der Waals surface area contributed by atoms with Gasteiger partial charge in [-0.15, -0.1) is 6.42 Å². The van der Waals surface area contributed by atoms with E-state index in [2.05, 4.69) is 17.8 Å². The molecule has 0 bridgehead atoms. The molecule has 0 saturated heterocycles. The Bertz CT molecular complexity index is 550. The predicted octanol–water partition coefficient (Wildman–Crippen LogP) is 2.69. The van der Waals surface area contributed by atoms with Crippen molar-refractivity contribution in [2.75, 3.05) is 0 Å². The Morgan fingerprint density at radius 1 is 1.44 bits per heavy atom. The number of carbonyl (C=O) groups is 1. The van der Waals surface area contributed by atoms with Gasteiger partial charge in [0, 0.05) is 24.0 Å². The van der Waals surface area contributed by atoms with E-state index in [1.54, 1.807) is 0 Å². The molecule has 90 valence electrons. The Kier molecular flexibility index (Phi) is 3.70. The summed E-state index contributed by atoms with van der Waals surface area (Å²) in [6.07, 6.45) is 7.16. The summed E-state index contributed by atoms with van der Waals surface area (Å²) in [6.45, 7) is 1.38. The van der Waals surface area contributed by atoms with Gasteiger partial charge in [0.25, 0.3) is 0 Å². The van der Waals surface area contributed by atoms with Crippen LogP contribution in [-0.2, 0) is 9.53 Å². The third kappa shape index (κ3) is 3.15. The summed E-state index contributed by atoms with van der Waals surface area (Å²) < 4.78 is 5.25. The van der Waals surface area contributed by atoms with Gasteiger partial charge in [-0.3, -0.25) is 4.79 Å². The first kappa shape index (κ1) is 12.3. The summed E-state index contributed by atoms with van der Waals surface area (Å²) in [5.74, 6) is 8.83. The van der Waals surface area contributed by atoms with E-state index in [0.717, 1.165) is 18.4 Å². The Morgan fingerprint density at radius 3 is 2.78 bits per heavy atom. The molecule has 1 aliphatic carbocycles. The molecule has 0 amide bonds. The van der Waals surface area contributed by atoms with Gasteiger partial charge in [-0.05, 0) is 18.9 Å². The lowest BCUT2D eigenvalue weighted by Crippen LogP contribution is -2.08. The highest BCUT2D eigenvalue weighted by atomic mass is 16.5. The molecule has 0 radical (unpaired) electrons. The normalized spacial score (nSPS) is 14.9. The van der Waals surface area contributed by atoms with Gasteiger partial charge in [-0.25, -0.2) is 0 Å². The lowest BCUT2D eigenvalue weighted by atomic mass is 10.0. The average Bonchev–Trinajstić information content (AvgIpc) is 3.18. The van der Waals surface area contributed by atoms with Crippen LogP contribution in [0.3, 0.4) is 0 Å². The van der Waals surface area contributed by atoms with E-state index in [0.29, 0.717) is 11.5 Å². The van der Waals surface area contributed by atoms with Gasteiger partial charge < -0.3 is 4.74 Å². The molecular weight excluding hydrogens is 224 g/mol. The summed E-state index contributed by atoms with van der Waals surface area (Å²) in [6, 6.07) is 7.40. The van der Waals surface area contributed by atoms with Crippen molar-refractivity contribution in [3.05, 3.63) is 35.4 Å². The van der Waals surface area contributed by atoms with Crippen molar-refractivity contribution in [3.63, 3.8) is 0 Å². The third-order valence-corrected chi connectivity index (χ3v) is 2.68. The molecule has 1 fully saturated rings. The molecule has 0 spiro atoms. The lowest BCUT2D eigenvalue weighted by molar-refractivity contribution is -0.144. The van der Waals surface area contributed by atoms with Crippen molar-refractivity contribution in [2.24, 2.45) is 5.92 Å². The number of hydrogen-bond donors (Lipinski definition) is 0. The maximum Gasteiger partial charge on any atom is 0.304 e. The second-order valence-electron chi connectivity index (χ2n) is 4.28. The van der Waals surface area contributed by atoms with E-state index in [9.17, 15) is 4.79 Å². The van der Waals surface area contributed by atoms with Crippen LogP contribution in [0, 0.1) is 30.1 Å². The molecule has 2 rings (SSSR count). The first-order chi connectivity index (χ1) is 8.70. The highest BCUT2D eigenvalue weighted by molar-refractivity contribution is 5.67. The fraction of sp³-hybridized carbons (Fsp3) is 0.312. The van der Waals surface area contributed by atoms with E-state index in [-0.39, 0.29) is 5.97 Å². The van der Waals surface area contributed by atoms with Gasteiger partial charge in [-0.2, -0.15) is 0 Å². The summed E-state index contributed by atoms with van der Waals surface area (Å²) in [5.41, 5.74) is 1.50. The molecule has 1 aromatic carbocycles. The molecule has 0 N–H and O–H groups in total. The summed E-state index contributed by atoms with van der Waals surface area (Å²) in [4.78, 5) is 11.1. The van der Waals surface area contributed by atoms with Crippen LogP contribution in [0.1, 0.15) is 37.0 Å². The Hall–Kier alpha value is -2.19. The maximum atomic E-state index is 11.1. The van der Waals surface area contributed by atoms with Crippen LogP contribution in [0.15, 0.2) is 24.3 Å². The van der Waals surface area contributed by atoms with Gasteiger partial charge in [0.1, 0.15) is 0 Å². The quantitative estimate of drug-likeness (QED) is 0.585. The number of rotatable bonds is 2. The molecular formula is C16H14O2. The standard InChI is InChI=1S/C16H14O2/c1-3-14-6-4-5-7-15(14)16(18-12(2)17)11-10-13-8-9-13/h1,4-7,13,16H,8-9H2,2H3. The molecule has 0 aromatic heterocycles. The third-order valence-electron chi connectivity index (χ3n) is 2.68. The zero-order valence-corrected chi connectivity index (χ0v) is 10.3. The van der Waals surface area contributed by atoms with E-state index >= 15 is 0 Å². The van der Waals surface area contributed by atoms with E-state index < -0.39 is 6.10 Å². The zero-order chi connectivity index (χ0) is 13.0. The molecule has 1 saturated carbocycles. The minimum absolute atomic E-state index is 0.350. The molecule has 1 aromatic rings. The molecule has 18 heavy (non-hydrogen) atoms. The van der Waals surface area contributed by atoms with Crippen molar-refractivity contribution in [2.45, 2.75) is 25.9 Å². The fourth-order valence-corrected chi connectivity index (χ4v) is 1.61. The van der Waals surface area contributed by atoms with Crippen LogP contribution in [0.4, 0.5) is 0 Å². The molecule has 1 unspecified atom stereocenters. The van der Waals surface area contributed by atoms with Crippen LogP contribution in [0.25, 0.3) is 0 Å². The Balaban J connectivity index is 2.30. The molecule has 2 heteroatoms. The number of carbonyl (C=O) groups excluding carboxylic acids is 1. The van der Waals surface area contributed by atoms with Gasteiger partial charge in [0.2, 0.25) is 0 Å². The summed E-state index contributed by atoms with van der Waals surface area (Å²) in [7, 11) is 0. The topological polar surface area (TPSA) is 26.3 Å². The van der Waals surface area contributed by atoms with Crippen molar-refractivity contribution >= 4 is 5.97 Å². The van der Waals surface area contributed by atoms with Crippen LogP contribution >= 0.6 is 0 Å². The first-order valence-electron chi connectivity index (χ1n) is 5.94. The fourth-order valence-electron chi connectivity index (χ4n) is 1.61. The highest BCUT2D eigenvalue weighted by Crippen LogP contribution is 2.28. The van der Waals surface area contributed by atoms with Crippen molar-refractivity contribution in [3.8, 4) is 24.2 Å². The molecule has 0 heterocycles. The second kappa shape index (κ2) is 5.43. The predicted molar refractivity (Wildman–Crippen MR) is 69.4 cm³/mol. The van der Waals surface area contributed by atoms with Gasteiger partial charge in [-0.1, -0.05) is 36.0 Å². The van der Waals surface area contributed by atoms with Gasteiger partial charge in [0.15, 0.2) is 6.10 Å². The molecule has 1 atom stereocenters. The average molecular weight is 238 g/mol. The van der Waals surface area contributed by atoms with E-state index in [1.165, 1.54) is 6.92 Å². The monoisotopic (exact) mass is 238 g/mol. The van der Waals surface area contributed by atoms with Gasteiger partial charge in [0.05, 0.1) is 0 Å². The van der Waals surface area contributed by atoms with Crippen LogP contribution in [0.5, 0.6) is 0 Å². The second-order valence-corrected chi connectivity index (χ2v) is 4.28. The minimum atomic E-state index is -0.560. The smallest absolute Gasteiger partial charge is 0.304 e. The van der Waals surface area contributed by atoms with E-state index in [1.807, 2.05) is 24.3 Å². The van der Waals surface area contributed by atoms with E-state index in [4.69, 9.17) is 11.2 Å². The number of esters is 1. The van der Waals surface area contributed by atoms with Crippen LogP contribution in [-0.4, -0.2) is 5.97 Å². The first-order valence-corrected chi connectivity index (χ1v) is 5.94. The number of ether oxygens (including phenoxy) is 1. The number of benzene rings is 1. The zero-order valence-electron chi connectivity index (χ0n) is 10.3.